The predicted octanol–water partition coefficient (Wildman–Crippen LogP) is 2.32. The minimum Gasteiger partial charge on any atom is -0.491 e. The van der Waals surface area contributed by atoms with E-state index in [0.29, 0.717) is 24.6 Å². The molecular weight excluding hydrogens is 246 g/mol. The topological polar surface area (TPSA) is 44.5 Å². The van der Waals surface area contributed by atoms with Gasteiger partial charge in [0.05, 0.1) is 11.6 Å². The Morgan fingerprint density at radius 3 is 2.56 bits per heavy atom. The first-order chi connectivity index (χ1) is 8.74. The molecule has 1 aromatic carbocycles. The predicted molar refractivity (Wildman–Crippen MR) is 76.0 cm³/mol. The van der Waals surface area contributed by atoms with Gasteiger partial charge < -0.3 is 15.2 Å². The fraction of sp³-hybridized carbons (Fsp3) is 0.500. The molecule has 0 unspecified atom stereocenters. The van der Waals surface area contributed by atoms with Gasteiger partial charge in [0.15, 0.2) is 0 Å². The number of thiocarbonyl (C=S) groups is 1. The van der Waals surface area contributed by atoms with E-state index < -0.39 is 0 Å². The van der Waals surface area contributed by atoms with E-state index in [4.69, 9.17) is 27.4 Å². The van der Waals surface area contributed by atoms with Crippen LogP contribution >= 0.6 is 12.2 Å². The van der Waals surface area contributed by atoms with Gasteiger partial charge in [-0.1, -0.05) is 24.4 Å². The lowest BCUT2D eigenvalue weighted by Gasteiger charge is -2.07. The molecule has 0 radical (unpaired) electrons. The molecule has 18 heavy (non-hydrogen) atoms. The van der Waals surface area contributed by atoms with Crippen LogP contribution in [0.15, 0.2) is 24.3 Å². The van der Waals surface area contributed by atoms with Crippen molar-refractivity contribution in [2.24, 2.45) is 11.7 Å². The van der Waals surface area contributed by atoms with Crippen molar-refractivity contribution < 1.29 is 9.47 Å². The van der Waals surface area contributed by atoms with E-state index >= 15 is 0 Å². The minimum absolute atomic E-state index is 0.511. The van der Waals surface area contributed by atoms with Crippen molar-refractivity contribution >= 4 is 17.2 Å². The van der Waals surface area contributed by atoms with Crippen molar-refractivity contribution in [1.29, 1.82) is 0 Å². The molecule has 1 saturated carbocycles. The second-order valence-electron chi connectivity index (χ2n) is 4.65. The minimum atomic E-state index is 0.511. The molecule has 0 spiro atoms. The highest BCUT2D eigenvalue weighted by Gasteiger charge is 2.20. The second-order valence-corrected chi connectivity index (χ2v) is 5.18. The standard InChI is InChI=1S/C14H19NO2S/c15-14(18)9-11-3-5-13(6-4-11)17-8-7-16-10-12-1-2-12/h3-6,12H,1-2,7-10H2,(H2,15,18). The lowest BCUT2D eigenvalue weighted by molar-refractivity contribution is 0.0927. The summed E-state index contributed by atoms with van der Waals surface area (Å²) in [6.45, 7) is 2.14. The molecule has 1 aliphatic carbocycles. The maximum atomic E-state index is 5.58. The van der Waals surface area contributed by atoms with Crippen LogP contribution in [0.1, 0.15) is 18.4 Å². The average Bonchev–Trinajstić information content (AvgIpc) is 3.14. The summed E-state index contributed by atoms with van der Waals surface area (Å²) in [5, 5.41) is 0. The van der Waals surface area contributed by atoms with Gasteiger partial charge in [0.25, 0.3) is 0 Å². The Labute approximate surface area is 113 Å². The molecule has 2 N–H and O–H groups in total. The molecule has 0 atom stereocenters. The molecule has 1 aromatic rings. The van der Waals surface area contributed by atoms with Crippen LogP contribution in [-0.4, -0.2) is 24.8 Å². The van der Waals surface area contributed by atoms with Crippen LogP contribution in [0.5, 0.6) is 5.75 Å². The Bertz CT molecular complexity index is 387. The van der Waals surface area contributed by atoms with Gasteiger partial charge in [0.1, 0.15) is 12.4 Å². The summed E-state index contributed by atoms with van der Waals surface area (Å²) in [6.07, 6.45) is 3.29. The zero-order valence-electron chi connectivity index (χ0n) is 10.4. The molecule has 1 fully saturated rings. The first kappa shape index (κ1) is 13.3. The molecule has 1 aliphatic rings. The van der Waals surface area contributed by atoms with Crippen molar-refractivity contribution in [1.82, 2.24) is 0 Å². The number of nitrogens with two attached hydrogens (primary N) is 1. The maximum absolute atomic E-state index is 5.58. The van der Waals surface area contributed by atoms with E-state index in [2.05, 4.69) is 0 Å². The van der Waals surface area contributed by atoms with Gasteiger partial charge in [-0.05, 0) is 36.5 Å². The van der Waals surface area contributed by atoms with Gasteiger partial charge in [-0.3, -0.25) is 0 Å². The molecular formula is C14H19NO2S. The van der Waals surface area contributed by atoms with Crippen LogP contribution in [0.4, 0.5) is 0 Å². The molecule has 2 rings (SSSR count). The normalized spacial score (nSPS) is 14.4. The Hall–Kier alpha value is -1.13. The smallest absolute Gasteiger partial charge is 0.119 e. The quantitative estimate of drug-likeness (QED) is 0.579. The summed E-state index contributed by atoms with van der Waals surface area (Å²) in [6, 6.07) is 7.85. The molecule has 0 aliphatic heterocycles. The first-order valence-corrected chi connectivity index (χ1v) is 6.72. The highest BCUT2D eigenvalue weighted by atomic mass is 32.1. The van der Waals surface area contributed by atoms with Crippen LogP contribution in [0.2, 0.25) is 0 Å². The summed E-state index contributed by atoms with van der Waals surface area (Å²) in [5.74, 6) is 1.67. The molecule has 0 heterocycles. The Morgan fingerprint density at radius 1 is 1.22 bits per heavy atom. The lowest BCUT2D eigenvalue weighted by atomic mass is 10.1. The second kappa shape index (κ2) is 6.71. The zero-order valence-corrected chi connectivity index (χ0v) is 11.2. The van der Waals surface area contributed by atoms with Gasteiger partial charge >= 0.3 is 0 Å². The van der Waals surface area contributed by atoms with Crippen molar-refractivity contribution in [2.45, 2.75) is 19.3 Å². The van der Waals surface area contributed by atoms with Crippen LogP contribution in [0.25, 0.3) is 0 Å². The van der Waals surface area contributed by atoms with Gasteiger partial charge in [-0.2, -0.15) is 0 Å². The van der Waals surface area contributed by atoms with E-state index in [1.165, 1.54) is 12.8 Å². The monoisotopic (exact) mass is 265 g/mol. The SMILES string of the molecule is NC(=S)Cc1ccc(OCCOCC2CC2)cc1. The van der Waals surface area contributed by atoms with Crippen LogP contribution in [0, 0.1) is 5.92 Å². The Kier molecular flexibility index (Phi) is 4.96. The van der Waals surface area contributed by atoms with Crippen LogP contribution in [0.3, 0.4) is 0 Å². The van der Waals surface area contributed by atoms with E-state index in [1.807, 2.05) is 24.3 Å². The third-order valence-electron chi connectivity index (χ3n) is 2.85. The summed E-state index contributed by atoms with van der Waals surface area (Å²) in [4.78, 5) is 0.511. The molecule has 0 saturated heterocycles. The molecule has 3 nitrogen and oxygen atoms in total. The summed E-state index contributed by atoms with van der Waals surface area (Å²) >= 11 is 4.87. The van der Waals surface area contributed by atoms with Crippen molar-refractivity contribution in [2.75, 3.05) is 19.8 Å². The van der Waals surface area contributed by atoms with Crippen molar-refractivity contribution in [3.05, 3.63) is 29.8 Å². The third kappa shape index (κ3) is 5.02. The highest BCUT2D eigenvalue weighted by Crippen LogP contribution is 2.28. The van der Waals surface area contributed by atoms with E-state index in [1.54, 1.807) is 0 Å². The van der Waals surface area contributed by atoms with E-state index in [9.17, 15) is 0 Å². The third-order valence-corrected chi connectivity index (χ3v) is 2.99. The van der Waals surface area contributed by atoms with Crippen LogP contribution in [-0.2, 0) is 11.2 Å². The van der Waals surface area contributed by atoms with Crippen molar-refractivity contribution in [3.63, 3.8) is 0 Å². The van der Waals surface area contributed by atoms with Crippen LogP contribution < -0.4 is 10.5 Å². The first-order valence-electron chi connectivity index (χ1n) is 6.32. The van der Waals surface area contributed by atoms with Gasteiger partial charge in [0.2, 0.25) is 0 Å². The number of benzene rings is 1. The fourth-order valence-corrected chi connectivity index (χ4v) is 1.82. The summed E-state index contributed by atoms with van der Waals surface area (Å²) in [7, 11) is 0. The van der Waals surface area contributed by atoms with Gasteiger partial charge in [-0.15, -0.1) is 0 Å². The number of hydrogen-bond acceptors (Lipinski definition) is 3. The molecule has 0 amide bonds. The van der Waals surface area contributed by atoms with E-state index in [-0.39, 0.29) is 0 Å². The molecule has 4 heteroatoms. The molecule has 98 valence electrons. The van der Waals surface area contributed by atoms with Crippen molar-refractivity contribution in [3.8, 4) is 5.75 Å². The Balaban J connectivity index is 1.63. The van der Waals surface area contributed by atoms with E-state index in [0.717, 1.165) is 23.8 Å². The molecule has 0 aromatic heterocycles. The summed E-state index contributed by atoms with van der Waals surface area (Å²) < 4.78 is 11.1. The largest absolute Gasteiger partial charge is 0.491 e. The summed E-state index contributed by atoms with van der Waals surface area (Å²) in [5.41, 5.74) is 6.60. The highest BCUT2D eigenvalue weighted by molar-refractivity contribution is 7.80. The number of rotatable bonds is 8. The average molecular weight is 265 g/mol. The number of ether oxygens (including phenoxy) is 2. The molecule has 0 bridgehead atoms. The number of hydrogen-bond donors (Lipinski definition) is 1. The lowest BCUT2D eigenvalue weighted by Crippen LogP contribution is -2.11. The van der Waals surface area contributed by atoms with Gasteiger partial charge in [-0.25, -0.2) is 0 Å². The zero-order chi connectivity index (χ0) is 12.8. The maximum Gasteiger partial charge on any atom is 0.119 e. The van der Waals surface area contributed by atoms with Gasteiger partial charge in [0, 0.05) is 13.0 Å². The fourth-order valence-electron chi connectivity index (χ4n) is 1.66. The Morgan fingerprint density at radius 2 is 1.94 bits per heavy atom.